The molecule has 110 valence electrons. The van der Waals surface area contributed by atoms with E-state index < -0.39 is 33.8 Å². The Kier molecular flexibility index (Phi) is 4.72. The fraction of sp³-hybridized carbons (Fsp3) is 0.417. The molecule has 7 nitrogen and oxygen atoms in total. The Morgan fingerprint density at radius 1 is 1.55 bits per heavy atom. The summed E-state index contributed by atoms with van der Waals surface area (Å²) in [5.74, 6) is -1.13. The van der Waals surface area contributed by atoms with Crippen LogP contribution in [0.1, 0.15) is 25.5 Å². The largest absolute Gasteiger partial charge is 0.502 e. The van der Waals surface area contributed by atoms with Crippen LogP contribution >= 0.6 is 15.9 Å². The molecule has 0 saturated heterocycles. The Hall–Kier alpha value is -1.67. The molecule has 3 N–H and O–H groups in total. The molecular formula is C12H15BrN2O5. The van der Waals surface area contributed by atoms with Gasteiger partial charge in [-0.3, -0.25) is 14.9 Å². The van der Waals surface area contributed by atoms with Gasteiger partial charge in [0.25, 0.3) is 0 Å². The molecule has 1 atom stereocenters. The summed E-state index contributed by atoms with van der Waals surface area (Å²) < 4.78 is 5.04. The monoisotopic (exact) mass is 346 g/mol. The first-order valence-corrected chi connectivity index (χ1v) is 6.43. The quantitative estimate of drug-likeness (QED) is 0.490. The third kappa shape index (κ3) is 2.91. The highest BCUT2D eigenvalue weighted by Crippen LogP contribution is 2.42. The van der Waals surface area contributed by atoms with E-state index in [1.807, 2.05) is 0 Å². The van der Waals surface area contributed by atoms with Crippen LogP contribution in [-0.4, -0.2) is 23.1 Å². The summed E-state index contributed by atoms with van der Waals surface area (Å²) in [4.78, 5) is 21.9. The van der Waals surface area contributed by atoms with Crippen LogP contribution in [0.4, 0.5) is 5.69 Å². The van der Waals surface area contributed by atoms with Gasteiger partial charge in [0, 0.05) is 22.1 Å². The number of methoxy groups -OCH3 is 1. The first-order valence-electron chi connectivity index (χ1n) is 5.63. The van der Waals surface area contributed by atoms with Crippen molar-refractivity contribution in [2.45, 2.75) is 19.9 Å². The Bertz CT molecular complexity index is 559. The van der Waals surface area contributed by atoms with Crippen molar-refractivity contribution in [3.8, 4) is 5.75 Å². The van der Waals surface area contributed by atoms with Gasteiger partial charge < -0.3 is 15.6 Å². The fourth-order valence-corrected chi connectivity index (χ4v) is 2.22. The zero-order valence-corrected chi connectivity index (χ0v) is 12.8. The molecule has 0 fully saturated rings. The highest BCUT2D eigenvalue weighted by Gasteiger charge is 2.39. The summed E-state index contributed by atoms with van der Waals surface area (Å²) in [5, 5.41) is 20.9. The number of phenolic OH excluding ortho intramolecular Hbond substituents is 1. The third-order valence-electron chi connectivity index (χ3n) is 3.10. The predicted molar refractivity (Wildman–Crippen MR) is 75.2 cm³/mol. The maximum atomic E-state index is 11.7. The van der Waals surface area contributed by atoms with Gasteiger partial charge in [-0.2, -0.15) is 0 Å². The standard InChI is InChI=1S/C12H15BrN2O5/c1-12(2,11(17)20-3)10(14)7-4-6(13)5-8(9(7)16)15(18)19/h4-5,10,16H,14H2,1-3H3/t10-/m1/s1. The van der Waals surface area contributed by atoms with Crippen LogP contribution in [0.15, 0.2) is 16.6 Å². The maximum Gasteiger partial charge on any atom is 0.313 e. The smallest absolute Gasteiger partial charge is 0.313 e. The van der Waals surface area contributed by atoms with E-state index in [0.29, 0.717) is 4.47 Å². The van der Waals surface area contributed by atoms with Crippen molar-refractivity contribution in [1.82, 2.24) is 0 Å². The van der Waals surface area contributed by atoms with Gasteiger partial charge in [-0.15, -0.1) is 0 Å². The number of aromatic hydroxyl groups is 1. The molecule has 0 bridgehead atoms. The second-order valence-electron chi connectivity index (χ2n) is 4.81. The summed E-state index contributed by atoms with van der Waals surface area (Å²) in [5.41, 5.74) is 4.45. The average molecular weight is 347 g/mol. The minimum absolute atomic E-state index is 0.0986. The molecule has 0 aliphatic rings. The molecule has 0 aliphatic carbocycles. The summed E-state index contributed by atoms with van der Waals surface area (Å²) in [6.07, 6.45) is 0. The number of nitro groups is 1. The zero-order chi connectivity index (χ0) is 15.7. The predicted octanol–water partition coefficient (Wildman–Crippen LogP) is 2.26. The SMILES string of the molecule is COC(=O)C(C)(C)[C@H](N)c1cc(Br)cc([N+](=O)[O-])c1O. The topological polar surface area (TPSA) is 116 Å². The van der Waals surface area contributed by atoms with E-state index in [9.17, 15) is 20.0 Å². The lowest BCUT2D eigenvalue weighted by Gasteiger charge is -2.29. The lowest BCUT2D eigenvalue weighted by molar-refractivity contribution is -0.386. The lowest BCUT2D eigenvalue weighted by Crippen LogP contribution is -2.37. The van der Waals surface area contributed by atoms with E-state index in [4.69, 9.17) is 5.73 Å². The van der Waals surface area contributed by atoms with Crippen LogP contribution in [0.2, 0.25) is 0 Å². The maximum absolute atomic E-state index is 11.7. The number of phenols is 1. The first-order chi connectivity index (χ1) is 9.12. The summed E-state index contributed by atoms with van der Waals surface area (Å²) in [6, 6.07) is 1.64. The van der Waals surface area contributed by atoms with Crippen LogP contribution in [0.5, 0.6) is 5.75 Å². The van der Waals surface area contributed by atoms with Gasteiger partial charge in [0.2, 0.25) is 0 Å². The number of carbonyl (C=O) groups excluding carboxylic acids is 1. The molecule has 8 heteroatoms. The molecule has 1 rings (SSSR count). The Morgan fingerprint density at radius 3 is 2.55 bits per heavy atom. The molecule has 0 amide bonds. The lowest BCUT2D eigenvalue weighted by atomic mass is 9.80. The second-order valence-corrected chi connectivity index (χ2v) is 5.73. The molecule has 0 saturated carbocycles. The van der Waals surface area contributed by atoms with E-state index >= 15 is 0 Å². The van der Waals surface area contributed by atoms with Crippen molar-refractivity contribution in [2.24, 2.45) is 11.1 Å². The van der Waals surface area contributed by atoms with Crippen LogP contribution in [0, 0.1) is 15.5 Å². The van der Waals surface area contributed by atoms with Gasteiger partial charge >= 0.3 is 11.7 Å². The van der Waals surface area contributed by atoms with Crippen molar-refractivity contribution in [3.63, 3.8) is 0 Å². The number of nitro benzene ring substituents is 1. The minimum Gasteiger partial charge on any atom is -0.502 e. The highest BCUT2D eigenvalue weighted by molar-refractivity contribution is 9.10. The van der Waals surface area contributed by atoms with E-state index in [2.05, 4.69) is 20.7 Å². The van der Waals surface area contributed by atoms with Gasteiger partial charge in [0.05, 0.1) is 17.4 Å². The van der Waals surface area contributed by atoms with E-state index in [-0.39, 0.29) is 5.56 Å². The number of hydrogen-bond donors (Lipinski definition) is 2. The molecular weight excluding hydrogens is 332 g/mol. The Labute approximate surface area is 124 Å². The number of ether oxygens (including phenoxy) is 1. The number of esters is 1. The van der Waals surface area contributed by atoms with Gasteiger partial charge in [-0.25, -0.2) is 0 Å². The zero-order valence-electron chi connectivity index (χ0n) is 11.2. The average Bonchev–Trinajstić information content (AvgIpc) is 2.38. The van der Waals surface area contributed by atoms with Crippen molar-refractivity contribution in [2.75, 3.05) is 7.11 Å². The normalized spacial score (nSPS) is 12.8. The molecule has 1 aromatic rings. The fourth-order valence-electron chi connectivity index (χ4n) is 1.76. The van der Waals surface area contributed by atoms with Gasteiger partial charge in [-0.05, 0) is 19.9 Å². The number of nitrogens with zero attached hydrogens (tertiary/aromatic N) is 1. The molecule has 20 heavy (non-hydrogen) atoms. The van der Waals surface area contributed by atoms with Crippen LogP contribution < -0.4 is 5.73 Å². The summed E-state index contributed by atoms with van der Waals surface area (Å²) >= 11 is 3.12. The van der Waals surface area contributed by atoms with Crippen LogP contribution in [-0.2, 0) is 9.53 Å². The highest BCUT2D eigenvalue weighted by atomic mass is 79.9. The molecule has 0 spiro atoms. The van der Waals surface area contributed by atoms with Gasteiger partial charge in [0.1, 0.15) is 0 Å². The summed E-state index contributed by atoms with van der Waals surface area (Å²) in [6.45, 7) is 3.07. The van der Waals surface area contributed by atoms with Crippen LogP contribution in [0.3, 0.4) is 0 Å². The molecule has 0 unspecified atom stereocenters. The second kappa shape index (κ2) is 5.76. The van der Waals surface area contributed by atoms with E-state index in [1.54, 1.807) is 0 Å². The van der Waals surface area contributed by atoms with Gasteiger partial charge in [-0.1, -0.05) is 15.9 Å². The van der Waals surface area contributed by atoms with Gasteiger partial charge in [0.15, 0.2) is 5.75 Å². The van der Waals surface area contributed by atoms with Crippen molar-refractivity contribution >= 4 is 27.6 Å². The van der Waals surface area contributed by atoms with Crippen molar-refractivity contribution in [1.29, 1.82) is 0 Å². The number of nitrogens with two attached hydrogens (primary N) is 1. The molecule has 0 aromatic heterocycles. The number of benzene rings is 1. The van der Waals surface area contributed by atoms with Crippen molar-refractivity contribution in [3.05, 3.63) is 32.3 Å². The van der Waals surface area contributed by atoms with Crippen LogP contribution in [0.25, 0.3) is 0 Å². The molecule has 0 aliphatic heterocycles. The van der Waals surface area contributed by atoms with E-state index in [1.165, 1.54) is 27.0 Å². The number of hydrogen-bond acceptors (Lipinski definition) is 6. The third-order valence-corrected chi connectivity index (χ3v) is 3.56. The summed E-state index contributed by atoms with van der Waals surface area (Å²) in [7, 11) is 1.22. The minimum atomic E-state index is -1.15. The Morgan fingerprint density at radius 2 is 2.10 bits per heavy atom. The molecule has 1 aromatic carbocycles. The Balaban J connectivity index is 3.40. The number of carbonyl (C=O) groups is 1. The first kappa shape index (κ1) is 16.4. The number of halogens is 1. The van der Waals surface area contributed by atoms with E-state index in [0.717, 1.165) is 6.07 Å². The molecule has 0 radical (unpaired) electrons. The van der Waals surface area contributed by atoms with Crippen molar-refractivity contribution < 1.29 is 19.6 Å². The molecule has 0 heterocycles. The number of rotatable bonds is 4.